The molecule has 0 unspecified atom stereocenters. The summed E-state index contributed by atoms with van der Waals surface area (Å²) >= 11 is 0. The molecule has 0 amide bonds. The fraction of sp³-hybridized carbons (Fsp3) is 0.0556. The standard InChI is InChI=1S/C18H14N2/c1-2-18(17-19-13-14-20-17,15-9-5-3-6-10-15)16-11-7-4-8-12-16/h1,3-14H,(H,19,20). The van der Waals surface area contributed by atoms with Crippen LogP contribution in [0.1, 0.15) is 17.0 Å². The number of nitrogens with zero attached hydrogens (tertiary/aromatic N) is 1. The Balaban J connectivity index is 2.31. The number of benzene rings is 2. The molecule has 1 aromatic heterocycles. The zero-order valence-electron chi connectivity index (χ0n) is 11.0. The third-order valence-electron chi connectivity index (χ3n) is 3.48. The summed E-state index contributed by atoms with van der Waals surface area (Å²) in [7, 11) is 0. The van der Waals surface area contributed by atoms with Crippen molar-refractivity contribution in [3.05, 3.63) is 90.0 Å². The molecule has 2 nitrogen and oxygen atoms in total. The van der Waals surface area contributed by atoms with E-state index < -0.39 is 5.41 Å². The summed E-state index contributed by atoms with van der Waals surface area (Å²) in [6, 6.07) is 20.1. The Bertz CT molecular complexity index is 668. The molecule has 0 aliphatic heterocycles. The van der Waals surface area contributed by atoms with Gasteiger partial charge < -0.3 is 4.98 Å². The molecule has 2 heteroatoms. The average molecular weight is 258 g/mol. The molecule has 1 N–H and O–H groups in total. The predicted molar refractivity (Wildman–Crippen MR) is 80.2 cm³/mol. The maximum atomic E-state index is 5.95. The monoisotopic (exact) mass is 258 g/mol. The van der Waals surface area contributed by atoms with E-state index in [1.807, 2.05) is 60.7 Å². The molecular weight excluding hydrogens is 244 g/mol. The summed E-state index contributed by atoms with van der Waals surface area (Å²) < 4.78 is 0. The highest BCUT2D eigenvalue weighted by Gasteiger charge is 2.36. The number of terminal acetylenes is 1. The summed E-state index contributed by atoms with van der Waals surface area (Å²) in [6.45, 7) is 0. The second kappa shape index (κ2) is 5.07. The van der Waals surface area contributed by atoms with Crippen molar-refractivity contribution in [3.8, 4) is 12.3 Å². The zero-order chi connectivity index (χ0) is 13.8. The first-order chi connectivity index (χ1) is 9.88. The largest absolute Gasteiger partial charge is 0.347 e. The molecule has 1 heterocycles. The van der Waals surface area contributed by atoms with E-state index in [1.165, 1.54) is 0 Å². The predicted octanol–water partition coefficient (Wildman–Crippen LogP) is 3.38. The molecule has 0 atom stereocenters. The van der Waals surface area contributed by atoms with Crippen LogP contribution in [0.5, 0.6) is 0 Å². The molecule has 0 aliphatic carbocycles. The van der Waals surface area contributed by atoms with Crippen LogP contribution < -0.4 is 0 Å². The number of hydrogen-bond donors (Lipinski definition) is 1. The SMILES string of the molecule is C#CC(c1ccccc1)(c1ccccc1)c1ncc[nH]1. The maximum absolute atomic E-state index is 5.95. The summed E-state index contributed by atoms with van der Waals surface area (Å²) in [5.41, 5.74) is 1.37. The normalized spacial score (nSPS) is 10.9. The van der Waals surface area contributed by atoms with Crippen LogP contribution in [0.2, 0.25) is 0 Å². The van der Waals surface area contributed by atoms with Crippen LogP contribution in [-0.4, -0.2) is 9.97 Å². The minimum absolute atomic E-state index is 0.688. The van der Waals surface area contributed by atoms with Gasteiger partial charge in [0.05, 0.1) is 0 Å². The molecule has 0 radical (unpaired) electrons. The molecule has 3 rings (SSSR count). The molecule has 96 valence electrons. The van der Waals surface area contributed by atoms with Crippen molar-refractivity contribution in [3.63, 3.8) is 0 Å². The molecule has 0 fully saturated rings. The lowest BCUT2D eigenvalue weighted by Crippen LogP contribution is -2.28. The van der Waals surface area contributed by atoms with Crippen molar-refractivity contribution < 1.29 is 0 Å². The molecule has 20 heavy (non-hydrogen) atoms. The van der Waals surface area contributed by atoms with Gasteiger partial charge in [0.1, 0.15) is 11.2 Å². The lowest BCUT2D eigenvalue weighted by molar-refractivity contribution is 0.746. The number of aromatic amines is 1. The highest BCUT2D eigenvalue weighted by molar-refractivity contribution is 5.53. The fourth-order valence-electron chi connectivity index (χ4n) is 2.52. The second-order valence-electron chi connectivity index (χ2n) is 4.56. The Morgan fingerprint density at radius 2 is 1.45 bits per heavy atom. The van der Waals surface area contributed by atoms with E-state index >= 15 is 0 Å². The van der Waals surface area contributed by atoms with Crippen LogP contribution >= 0.6 is 0 Å². The van der Waals surface area contributed by atoms with Gasteiger partial charge in [-0.25, -0.2) is 4.98 Å². The highest BCUT2D eigenvalue weighted by Crippen LogP contribution is 2.36. The van der Waals surface area contributed by atoms with E-state index in [1.54, 1.807) is 12.4 Å². The van der Waals surface area contributed by atoms with Crippen LogP contribution in [0, 0.1) is 12.3 Å². The lowest BCUT2D eigenvalue weighted by Gasteiger charge is -2.27. The Morgan fingerprint density at radius 3 is 1.85 bits per heavy atom. The van der Waals surface area contributed by atoms with Gasteiger partial charge in [-0.05, 0) is 11.1 Å². The minimum atomic E-state index is -0.688. The first kappa shape index (κ1) is 12.3. The van der Waals surface area contributed by atoms with Crippen LogP contribution in [0.25, 0.3) is 0 Å². The number of aromatic nitrogens is 2. The second-order valence-corrected chi connectivity index (χ2v) is 4.56. The molecule has 3 aromatic rings. The number of hydrogen-bond acceptors (Lipinski definition) is 1. The lowest BCUT2D eigenvalue weighted by atomic mass is 9.74. The van der Waals surface area contributed by atoms with Gasteiger partial charge >= 0.3 is 0 Å². The summed E-state index contributed by atoms with van der Waals surface area (Å²) in [5, 5.41) is 0. The van der Waals surface area contributed by atoms with E-state index in [0.29, 0.717) is 0 Å². The van der Waals surface area contributed by atoms with E-state index in [0.717, 1.165) is 17.0 Å². The van der Waals surface area contributed by atoms with E-state index in [9.17, 15) is 0 Å². The summed E-state index contributed by atoms with van der Waals surface area (Å²) in [6.07, 6.45) is 9.48. The third kappa shape index (κ3) is 1.81. The van der Waals surface area contributed by atoms with Gasteiger partial charge in [-0.3, -0.25) is 0 Å². The first-order valence-electron chi connectivity index (χ1n) is 6.46. The third-order valence-corrected chi connectivity index (χ3v) is 3.48. The molecule has 0 bridgehead atoms. The molecule has 0 spiro atoms. The van der Waals surface area contributed by atoms with Crippen LogP contribution in [0.4, 0.5) is 0 Å². The van der Waals surface area contributed by atoms with Crippen molar-refractivity contribution >= 4 is 0 Å². The summed E-state index contributed by atoms with van der Waals surface area (Å²) in [4.78, 5) is 7.59. The molecule has 2 aromatic carbocycles. The van der Waals surface area contributed by atoms with E-state index in [2.05, 4.69) is 15.9 Å². The van der Waals surface area contributed by atoms with Gasteiger partial charge in [0.25, 0.3) is 0 Å². The molecule has 0 saturated carbocycles. The Labute approximate surface area is 118 Å². The Kier molecular flexibility index (Phi) is 3.10. The quantitative estimate of drug-likeness (QED) is 0.717. The average Bonchev–Trinajstić information content (AvgIpc) is 3.06. The number of imidazole rings is 1. The zero-order valence-corrected chi connectivity index (χ0v) is 11.0. The van der Waals surface area contributed by atoms with Crippen LogP contribution in [0.3, 0.4) is 0 Å². The van der Waals surface area contributed by atoms with Crippen molar-refractivity contribution in [2.45, 2.75) is 5.41 Å². The highest BCUT2D eigenvalue weighted by atomic mass is 14.9. The maximum Gasteiger partial charge on any atom is 0.138 e. The van der Waals surface area contributed by atoms with Crippen molar-refractivity contribution in [1.29, 1.82) is 0 Å². The number of nitrogens with one attached hydrogen (secondary N) is 1. The number of H-pyrrole nitrogens is 1. The Morgan fingerprint density at radius 1 is 0.900 bits per heavy atom. The molecule has 0 saturated heterocycles. The van der Waals surface area contributed by atoms with E-state index in [-0.39, 0.29) is 0 Å². The van der Waals surface area contributed by atoms with Gasteiger partial charge in [0.15, 0.2) is 0 Å². The van der Waals surface area contributed by atoms with Crippen LogP contribution in [0.15, 0.2) is 73.1 Å². The van der Waals surface area contributed by atoms with Gasteiger partial charge in [-0.15, -0.1) is 6.42 Å². The van der Waals surface area contributed by atoms with Crippen LogP contribution in [-0.2, 0) is 5.41 Å². The van der Waals surface area contributed by atoms with Gasteiger partial charge in [-0.2, -0.15) is 0 Å². The molecule has 0 aliphatic rings. The fourth-order valence-corrected chi connectivity index (χ4v) is 2.52. The topological polar surface area (TPSA) is 28.7 Å². The van der Waals surface area contributed by atoms with Gasteiger partial charge in [0.2, 0.25) is 0 Å². The minimum Gasteiger partial charge on any atom is -0.347 e. The first-order valence-corrected chi connectivity index (χ1v) is 6.46. The number of rotatable bonds is 3. The van der Waals surface area contributed by atoms with Crippen molar-refractivity contribution in [1.82, 2.24) is 9.97 Å². The van der Waals surface area contributed by atoms with Crippen molar-refractivity contribution in [2.75, 3.05) is 0 Å². The molecular formula is C18H14N2. The summed E-state index contributed by atoms with van der Waals surface area (Å²) in [5.74, 6) is 3.72. The van der Waals surface area contributed by atoms with Crippen molar-refractivity contribution in [2.24, 2.45) is 0 Å². The Hall–Kier alpha value is -2.79. The smallest absolute Gasteiger partial charge is 0.138 e. The van der Waals surface area contributed by atoms with E-state index in [4.69, 9.17) is 6.42 Å². The van der Waals surface area contributed by atoms with Gasteiger partial charge in [0, 0.05) is 12.4 Å². The van der Waals surface area contributed by atoms with Gasteiger partial charge in [-0.1, -0.05) is 66.6 Å².